The SMILES string of the molecule is C/C=C\c1ccoc1CC. The first-order valence-electron chi connectivity index (χ1n) is 3.57. The van der Waals surface area contributed by atoms with Gasteiger partial charge in [0.05, 0.1) is 6.26 Å². The molecule has 0 bridgehead atoms. The highest BCUT2D eigenvalue weighted by molar-refractivity contribution is 5.50. The number of aryl methyl sites for hydroxylation is 1. The Hall–Kier alpha value is -0.980. The van der Waals surface area contributed by atoms with Gasteiger partial charge in [0, 0.05) is 12.0 Å². The summed E-state index contributed by atoms with van der Waals surface area (Å²) in [5, 5.41) is 0. The van der Waals surface area contributed by atoms with E-state index in [1.54, 1.807) is 6.26 Å². The van der Waals surface area contributed by atoms with Crippen molar-refractivity contribution < 1.29 is 4.42 Å². The Balaban J connectivity index is 2.90. The summed E-state index contributed by atoms with van der Waals surface area (Å²) in [5.74, 6) is 1.07. The molecule has 0 aliphatic rings. The van der Waals surface area contributed by atoms with Gasteiger partial charge in [0.1, 0.15) is 5.76 Å². The average Bonchev–Trinajstić information content (AvgIpc) is 2.36. The minimum atomic E-state index is 0.965. The second-order valence-electron chi connectivity index (χ2n) is 2.15. The first-order chi connectivity index (χ1) is 4.88. The lowest BCUT2D eigenvalue weighted by Gasteiger charge is -1.89. The Kier molecular flexibility index (Phi) is 2.32. The number of allylic oxidation sites excluding steroid dienone is 1. The van der Waals surface area contributed by atoms with E-state index in [1.165, 1.54) is 5.56 Å². The van der Waals surface area contributed by atoms with Crippen LogP contribution < -0.4 is 0 Å². The Labute approximate surface area is 61.4 Å². The molecule has 0 amide bonds. The molecule has 0 spiro atoms. The van der Waals surface area contributed by atoms with Crippen LogP contribution in [0, 0.1) is 0 Å². The van der Waals surface area contributed by atoms with Crippen LogP contribution in [0.1, 0.15) is 25.2 Å². The van der Waals surface area contributed by atoms with Gasteiger partial charge in [-0.2, -0.15) is 0 Å². The van der Waals surface area contributed by atoms with Crippen LogP contribution in [0.25, 0.3) is 6.08 Å². The highest BCUT2D eigenvalue weighted by Gasteiger charge is 1.97. The molecule has 1 nitrogen and oxygen atoms in total. The van der Waals surface area contributed by atoms with Gasteiger partial charge in [0.2, 0.25) is 0 Å². The van der Waals surface area contributed by atoms with Crippen LogP contribution in [0.15, 0.2) is 22.8 Å². The van der Waals surface area contributed by atoms with E-state index >= 15 is 0 Å². The van der Waals surface area contributed by atoms with Gasteiger partial charge in [-0.1, -0.05) is 19.1 Å². The molecule has 0 saturated carbocycles. The lowest BCUT2D eigenvalue weighted by molar-refractivity contribution is 0.515. The van der Waals surface area contributed by atoms with Crippen molar-refractivity contribution in [3.05, 3.63) is 29.7 Å². The molecule has 54 valence electrons. The van der Waals surface area contributed by atoms with Crippen LogP contribution in [-0.2, 0) is 6.42 Å². The zero-order chi connectivity index (χ0) is 7.40. The zero-order valence-corrected chi connectivity index (χ0v) is 6.42. The molecular weight excluding hydrogens is 124 g/mol. The number of rotatable bonds is 2. The highest BCUT2D eigenvalue weighted by Crippen LogP contribution is 2.12. The smallest absolute Gasteiger partial charge is 0.110 e. The highest BCUT2D eigenvalue weighted by atomic mass is 16.3. The Morgan fingerprint density at radius 2 is 2.40 bits per heavy atom. The number of hydrogen-bond acceptors (Lipinski definition) is 1. The quantitative estimate of drug-likeness (QED) is 0.609. The van der Waals surface area contributed by atoms with E-state index in [4.69, 9.17) is 4.42 Å². The molecule has 0 atom stereocenters. The zero-order valence-electron chi connectivity index (χ0n) is 6.42. The lowest BCUT2D eigenvalue weighted by Crippen LogP contribution is -1.76. The van der Waals surface area contributed by atoms with Crippen molar-refractivity contribution >= 4 is 6.08 Å². The maximum absolute atomic E-state index is 5.22. The summed E-state index contributed by atoms with van der Waals surface area (Å²) < 4.78 is 5.22. The van der Waals surface area contributed by atoms with E-state index in [2.05, 4.69) is 13.0 Å². The van der Waals surface area contributed by atoms with Gasteiger partial charge in [-0.25, -0.2) is 0 Å². The fourth-order valence-electron chi connectivity index (χ4n) is 0.966. The molecule has 1 aromatic rings. The minimum Gasteiger partial charge on any atom is -0.469 e. The van der Waals surface area contributed by atoms with Crippen molar-refractivity contribution in [1.29, 1.82) is 0 Å². The van der Waals surface area contributed by atoms with Gasteiger partial charge in [-0.05, 0) is 13.0 Å². The molecule has 0 aliphatic heterocycles. The molecule has 0 N–H and O–H groups in total. The first kappa shape index (κ1) is 7.13. The topological polar surface area (TPSA) is 13.1 Å². The minimum absolute atomic E-state index is 0.965. The maximum Gasteiger partial charge on any atom is 0.110 e. The predicted octanol–water partition coefficient (Wildman–Crippen LogP) is 2.88. The van der Waals surface area contributed by atoms with Gasteiger partial charge in [0.25, 0.3) is 0 Å². The summed E-state index contributed by atoms with van der Waals surface area (Å²) in [5.41, 5.74) is 1.20. The van der Waals surface area contributed by atoms with Crippen molar-refractivity contribution in [3.63, 3.8) is 0 Å². The Morgan fingerprint density at radius 3 is 3.00 bits per heavy atom. The first-order valence-corrected chi connectivity index (χ1v) is 3.57. The van der Waals surface area contributed by atoms with Gasteiger partial charge < -0.3 is 4.42 Å². The molecule has 1 heteroatoms. The van der Waals surface area contributed by atoms with Crippen molar-refractivity contribution in [3.8, 4) is 0 Å². The van der Waals surface area contributed by atoms with Crippen LogP contribution >= 0.6 is 0 Å². The third-order valence-electron chi connectivity index (χ3n) is 1.45. The second kappa shape index (κ2) is 3.25. The standard InChI is InChI=1S/C9H12O/c1-3-5-8-6-7-10-9(8)4-2/h3,5-7H,4H2,1-2H3/b5-3-. The second-order valence-corrected chi connectivity index (χ2v) is 2.15. The molecule has 0 unspecified atom stereocenters. The molecule has 1 rings (SSSR count). The normalized spacial score (nSPS) is 11.0. The number of furan rings is 1. The van der Waals surface area contributed by atoms with Crippen molar-refractivity contribution in [2.24, 2.45) is 0 Å². The van der Waals surface area contributed by atoms with E-state index in [9.17, 15) is 0 Å². The van der Waals surface area contributed by atoms with Gasteiger partial charge in [-0.3, -0.25) is 0 Å². The average molecular weight is 136 g/mol. The van der Waals surface area contributed by atoms with Crippen LogP contribution in [0.5, 0.6) is 0 Å². The Bertz CT molecular complexity index is 220. The molecule has 0 aliphatic carbocycles. The summed E-state index contributed by atoms with van der Waals surface area (Å²) in [6, 6.07) is 1.98. The molecule has 0 saturated heterocycles. The van der Waals surface area contributed by atoms with E-state index in [0.29, 0.717) is 0 Å². The van der Waals surface area contributed by atoms with Crippen molar-refractivity contribution in [2.45, 2.75) is 20.3 Å². The summed E-state index contributed by atoms with van der Waals surface area (Å²) >= 11 is 0. The third kappa shape index (κ3) is 1.29. The van der Waals surface area contributed by atoms with E-state index in [1.807, 2.05) is 19.1 Å². The third-order valence-corrected chi connectivity index (χ3v) is 1.45. The summed E-state index contributed by atoms with van der Waals surface area (Å²) in [6.07, 6.45) is 6.77. The molecule has 0 fully saturated rings. The monoisotopic (exact) mass is 136 g/mol. The molecule has 1 aromatic heterocycles. The fourth-order valence-corrected chi connectivity index (χ4v) is 0.966. The predicted molar refractivity (Wildman–Crippen MR) is 42.8 cm³/mol. The molecular formula is C9H12O. The molecule has 1 heterocycles. The maximum atomic E-state index is 5.22. The van der Waals surface area contributed by atoms with Crippen molar-refractivity contribution in [1.82, 2.24) is 0 Å². The summed E-state index contributed by atoms with van der Waals surface area (Å²) in [4.78, 5) is 0. The lowest BCUT2D eigenvalue weighted by atomic mass is 10.2. The van der Waals surface area contributed by atoms with Gasteiger partial charge in [-0.15, -0.1) is 0 Å². The number of hydrogen-bond donors (Lipinski definition) is 0. The van der Waals surface area contributed by atoms with E-state index in [-0.39, 0.29) is 0 Å². The molecule has 0 aromatic carbocycles. The summed E-state index contributed by atoms with van der Waals surface area (Å²) in [6.45, 7) is 4.10. The van der Waals surface area contributed by atoms with Crippen molar-refractivity contribution in [2.75, 3.05) is 0 Å². The van der Waals surface area contributed by atoms with E-state index in [0.717, 1.165) is 12.2 Å². The Morgan fingerprint density at radius 1 is 1.60 bits per heavy atom. The molecule has 0 radical (unpaired) electrons. The van der Waals surface area contributed by atoms with Crippen LogP contribution in [-0.4, -0.2) is 0 Å². The van der Waals surface area contributed by atoms with Crippen LogP contribution in [0.2, 0.25) is 0 Å². The van der Waals surface area contributed by atoms with E-state index < -0.39 is 0 Å². The van der Waals surface area contributed by atoms with Gasteiger partial charge >= 0.3 is 0 Å². The fraction of sp³-hybridized carbons (Fsp3) is 0.333. The van der Waals surface area contributed by atoms with Crippen LogP contribution in [0.4, 0.5) is 0 Å². The largest absolute Gasteiger partial charge is 0.469 e. The van der Waals surface area contributed by atoms with Crippen LogP contribution in [0.3, 0.4) is 0 Å². The molecule has 10 heavy (non-hydrogen) atoms. The summed E-state index contributed by atoms with van der Waals surface area (Å²) in [7, 11) is 0. The van der Waals surface area contributed by atoms with Gasteiger partial charge in [0.15, 0.2) is 0 Å².